The van der Waals surface area contributed by atoms with E-state index in [0.717, 1.165) is 22.0 Å². The maximum absolute atomic E-state index is 10.9. The molecule has 0 bridgehead atoms. The van der Waals surface area contributed by atoms with Crippen molar-refractivity contribution in [1.82, 2.24) is 0 Å². The van der Waals surface area contributed by atoms with Crippen LogP contribution in [0.2, 0.25) is 0 Å². The van der Waals surface area contributed by atoms with E-state index in [1.165, 1.54) is 44.6 Å². The zero-order valence-electron chi connectivity index (χ0n) is 11.3. The summed E-state index contributed by atoms with van der Waals surface area (Å²) in [5.74, 6) is 1.81. The van der Waals surface area contributed by atoms with Gasteiger partial charge >= 0.3 is 0 Å². The van der Waals surface area contributed by atoms with Gasteiger partial charge in [0, 0.05) is 22.6 Å². The molecule has 4 nitrogen and oxygen atoms in total. The number of halogens is 1. The van der Waals surface area contributed by atoms with Crippen molar-refractivity contribution in [2.24, 2.45) is 11.8 Å². The molecule has 1 aromatic rings. The van der Waals surface area contributed by atoms with Gasteiger partial charge in [-0.3, -0.25) is 10.1 Å². The molecule has 2 aliphatic carbocycles. The first-order valence-corrected chi connectivity index (χ1v) is 8.13. The second kappa shape index (κ2) is 5.72. The van der Waals surface area contributed by atoms with Crippen LogP contribution in [0.4, 0.5) is 11.4 Å². The summed E-state index contributed by atoms with van der Waals surface area (Å²) in [7, 11) is 0. The molecule has 1 N–H and O–H groups in total. The van der Waals surface area contributed by atoms with E-state index in [-0.39, 0.29) is 10.6 Å². The van der Waals surface area contributed by atoms with Crippen LogP contribution in [0, 0.1) is 22.0 Å². The third-order valence-electron chi connectivity index (χ3n) is 4.52. The minimum absolute atomic E-state index is 0.144. The van der Waals surface area contributed by atoms with Gasteiger partial charge in [0.1, 0.15) is 0 Å². The van der Waals surface area contributed by atoms with Gasteiger partial charge in [-0.05, 0) is 59.5 Å². The highest BCUT2D eigenvalue weighted by atomic mass is 79.9. The molecule has 2 aliphatic rings. The summed E-state index contributed by atoms with van der Waals surface area (Å²) >= 11 is 3.48. The van der Waals surface area contributed by atoms with Crippen LogP contribution in [0.5, 0.6) is 0 Å². The summed E-state index contributed by atoms with van der Waals surface area (Å²) < 4.78 is 0.900. The molecule has 1 aromatic carbocycles. The van der Waals surface area contributed by atoms with E-state index in [1.54, 1.807) is 12.1 Å². The van der Waals surface area contributed by atoms with Crippen LogP contribution in [0.25, 0.3) is 0 Å². The predicted octanol–water partition coefficient (Wildman–Crippen LogP) is 4.74. The zero-order valence-corrected chi connectivity index (χ0v) is 12.9. The molecule has 2 atom stereocenters. The Morgan fingerprint density at radius 1 is 1.20 bits per heavy atom. The second-order valence-corrected chi connectivity index (χ2v) is 6.88. The summed E-state index contributed by atoms with van der Waals surface area (Å²) in [6.45, 7) is 0. The van der Waals surface area contributed by atoms with Gasteiger partial charge in [-0.25, -0.2) is 0 Å². The van der Waals surface area contributed by atoms with Crippen molar-refractivity contribution in [1.29, 1.82) is 0 Å². The summed E-state index contributed by atoms with van der Waals surface area (Å²) in [6, 6.07) is 5.36. The molecule has 0 aromatic heterocycles. The van der Waals surface area contributed by atoms with Crippen molar-refractivity contribution in [3.05, 3.63) is 32.8 Å². The van der Waals surface area contributed by atoms with Crippen molar-refractivity contribution in [3.63, 3.8) is 0 Å². The van der Waals surface area contributed by atoms with E-state index in [2.05, 4.69) is 21.2 Å². The van der Waals surface area contributed by atoms with Crippen LogP contribution in [-0.2, 0) is 0 Å². The molecule has 0 spiro atoms. The highest BCUT2D eigenvalue weighted by Crippen LogP contribution is 2.44. The third kappa shape index (κ3) is 3.14. The SMILES string of the molecule is O=[N+]([O-])c1ccc(Br)c(NC2CCCC(C3CC3)C2)c1. The molecule has 2 fully saturated rings. The van der Waals surface area contributed by atoms with Crippen LogP contribution in [0.1, 0.15) is 38.5 Å². The molecular formula is C15H19BrN2O2. The average Bonchev–Trinajstić information content (AvgIpc) is 3.26. The summed E-state index contributed by atoms with van der Waals surface area (Å²) in [5, 5.41) is 14.4. The van der Waals surface area contributed by atoms with Gasteiger partial charge in [-0.2, -0.15) is 0 Å². The number of nitrogens with one attached hydrogen (secondary N) is 1. The first kappa shape index (κ1) is 13.9. The van der Waals surface area contributed by atoms with E-state index in [9.17, 15) is 10.1 Å². The Bertz CT molecular complexity index is 517. The Hall–Kier alpha value is -1.10. The molecule has 0 amide bonds. The minimum atomic E-state index is -0.342. The Balaban J connectivity index is 1.69. The molecule has 3 rings (SSSR count). The number of hydrogen-bond donors (Lipinski definition) is 1. The van der Waals surface area contributed by atoms with Crippen molar-refractivity contribution in [2.45, 2.75) is 44.6 Å². The number of nitro benzene ring substituents is 1. The zero-order chi connectivity index (χ0) is 14.1. The molecular weight excluding hydrogens is 320 g/mol. The molecule has 0 saturated heterocycles. The molecule has 20 heavy (non-hydrogen) atoms. The van der Waals surface area contributed by atoms with Gasteiger partial charge < -0.3 is 5.32 Å². The average molecular weight is 339 g/mol. The standard InChI is InChI=1S/C15H19BrN2O2/c16-14-7-6-13(18(19)20)9-15(14)17-12-3-1-2-11(8-12)10-4-5-10/h6-7,9-12,17H,1-5,8H2. The maximum Gasteiger partial charge on any atom is 0.271 e. The first-order valence-electron chi connectivity index (χ1n) is 7.34. The van der Waals surface area contributed by atoms with Crippen LogP contribution in [0.15, 0.2) is 22.7 Å². The monoisotopic (exact) mass is 338 g/mol. The molecule has 108 valence electrons. The number of hydrogen-bond acceptors (Lipinski definition) is 3. The largest absolute Gasteiger partial charge is 0.381 e. The van der Waals surface area contributed by atoms with Crippen LogP contribution in [0.3, 0.4) is 0 Å². The van der Waals surface area contributed by atoms with Crippen LogP contribution >= 0.6 is 15.9 Å². The molecule has 5 heteroatoms. The fourth-order valence-electron chi connectivity index (χ4n) is 3.31. The van der Waals surface area contributed by atoms with Gasteiger partial charge in [-0.1, -0.05) is 12.8 Å². The minimum Gasteiger partial charge on any atom is -0.381 e. The van der Waals surface area contributed by atoms with Crippen LogP contribution < -0.4 is 5.32 Å². The highest BCUT2D eigenvalue weighted by Gasteiger charge is 2.34. The predicted molar refractivity (Wildman–Crippen MR) is 82.9 cm³/mol. The Kier molecular flexibility index (Phi) is 3.96. The number of nitrogens with zero attached hydrogens (tertiary/aromatic N) is 1. The van der Waals surface area contributed by atoms with Crippen molar-refractivity contribution >= 4 is 27.3 Å². The molecule has 0 heterocycles. The van der Waals surface area contributed by atoms with Crippen LogP contribution in [-0.4, -0.2) is 11.0 Å². The number of anilines is 1. The Morgan fingerprint density at radius 3 is 2.70 bits per heavy atom. The van der Waals surface area contributed by atoms with E-state index < -0.39 is 0 Å². The van der Waals surface area contributed by atoms with Gasteiger partial charge in [0.15, 0.2) is 0 Å². The lowest BCUT2D eigenvalue weighted by atomic mass is 9.82. The van der Waals surface area contributed by atoms with E-state index >= 15 is 0 Å². The Morgan fingerprint density at radius 2 is 2.00 bits per heavy atom. The quantitative estimate of drug-likeness (QED) is 0.637. The lowest BCUT2D eigenvalue weighted by Crippen LogP contribution is -2.28. The number of rotatable bonds is 4. The second-order valence-electron chi connectivity index (χ2n) is 6.03. The summed E-state index contributed by atoms with van der Waals surface area (Å²) in [4.78, 5) is 10.5. The number of nitro groups is 1. The van der Waals surface area contributed by atoms with Crippen molar-refractivity contribution in [3.8, 4) is 0 Å². The third-order valence-corrected chi connectivity index (χ3v) is 5.22. The van der Waals surface area contributed by atoms with Crippen molar-refractivity contribution in [2.75, 3.05) is 5.32 Å². The normalized spacial score (nSPS) is 26.2. The number of non-ortho nitro benzene ring substituents is 1. The fraction of sp³-hybridized carbons (Fsp3) is 0.600. The smallest absolute Gasteiger partial charge is 0.271 e. The van der Waals surface area contributed by atoms with E-state index in [1.807, 2.05) is 0 Å². The highest BCUT2D eigenvalue weighted by molar-refractivity contribution is 9.10. The molecule has 2 unspecified atom stereocenters. The van der Waals surface area contributed by atoms with E-state index in [4.69, 9.17) is 0 Å². The van der Waals surface area contributed by atoms with Gasteiger partial charge in [-0.15, -0.1) is 0 Å². The Labute approximate surface area is 127 Å². The summed E-state index contributed by atoms with van der Waals surface area (Å²) in [5.41, 5.74) is 0.992. The summed E-state index contributed by atoms with van der Waals surface area (Å²) in [6.07, 6.45) is 7.80. The first-order chi connectivity index (χ1) is 9.63. The van der Waals surface area contributed by atoms with Gasteiger partial charge in [0.25, 0.3) is 5.69 Å². The van der Waals surface area contributed by atoms with Gasteiger partial charge in [0.05, 0.1) is 10.6 Å². The van der Waals surface area contributed by atoms with Gasteiger partial charge in [0.2, 0.25) is 0 Å². The maximum atomic E-state index is 10.9. The number of benzene rings is 1. The van der Waals surface area contributed by atoms with E-state index in [0.29, 0.717) is 6.04 Å². The fourth-order valence-corrected chi connectivity index (χ4v) is 3.67. The molecule has 0 aliphatic heterocycles. The lowest BCUT2D eigenvalue weighted by Gasteiger charge is -2.30. The van der Waals surface area contributed by atoms with Crippen molar-refractivity contribution < 1.29 is 4.92 Å². The lowest BCUT2D eigenvalue weighted by molar-refractivity contribution is -0.384. The molecule has 2 saturated carbocycles. The topological polar surface area (TPSA) is 55.2 Å². The molecule has 0 radical (unpaired) electrons.